The van der Waals surface area contributed by atoms with Crippen LogP contribution in [-0.4, -0.2) is 24.3 Å². The normalized spacial score (nSPS) is 10.4. The molecule has 0 aromatic heterocycles. The fraction of sp³-hybridized carbons (Fsp3) is 0.267. The van der Waals surface area contributed by atoms with Gasteiger partial charge in [-0.25, -0.2) is 4.79 Å². The van der Waals surface area contributed by atoms with Crippen molar-refractivity contribution in [1.82, 2.24) is 0 Å². The molecule has 0 bridgehead atoms. The van der Waals surface area contributed by atoms with Crippen molar-refractivity contribution < 1.29 is 19.4 Å². The first-order chi connectivity index (χ1) is 9.17. The minimum absolute atomic E-state index is 0.197. The number of ether oxygens (including phenoxy) is 2. The van der Waals surface area contributed by atoms with Gasteiger partial charge in [0.2, 0.25) is 0 Å². The number of rotatable bonds is 5. The third kappa shape index (κ3) is 2.62. The van der Waals surface area contributed by atoms with E-state index in [0.29, 0.717) is 24.3 Å². The van der Waals surface area contributed by atoms with Crippen molar-refractivity contribution in [2.75, 3.05) is 13.2 Å². The Hall–Kier alpha value is -2.23. The Labute approximate surface area is 111 Å². The van der Waals surface area contributed by atoms with Gasteiger partial charge in [-0.3, -0.25) is 0 Å². The van der Waals surface area contributed by atoms with Gasteiger partial charge >= 0.3 is 5.97 Å². The molecule has 0 saturated heterocycles. The molecule has 0 unspecified atom stereocenters. The van der Waals surface area contributed by atoms with Gasteiger partial charge in [0, 0.05) is 5.39 Å². The van der Waals surface area contributed by atoms with Gasteiger partial charge in [-0.05, 0) is 43.5 Å². The second kappa shape index (κ2) is 5.61. The Balaban J connectivity index is 2.61. The zero-order chi connectivity index (χ0) is 13.8. The zero-order valence-electron chi connectivity index (χ0n) is 11.0. The van der Waals surface area contributed by atoms with Crippen molar-refractivity contribution >= 4 is 16.7 Å². The first-order valence-corrected chi connectivity index (χ1v) is 6.23. The van der Waals surface area contributed by atoms with E-state index in [-0.39, 0.29) is 5.56 Å². The average Bonchev–Trinajstić information content (AvgIpc) is 2.39. The van der Waals surface area contributed by atoms with Crippen LogP contribution < -0.4 is 9.47 Å². The van der Waals surface area contributed by atoms with E-state index in [9.17, 15) is 9.90 Å². The minimum atomic E-state index is -0.988. The van der Waals surface area contributed by atoms with Gasteiger partial charge < -0.3 is 14.6 Å². The molecule has 0 radical (unpaired) electrons. The van der Waals surface area contributed by atoms with Gasteiger partial charge in [0.1, 0.15) is 17.1 Å². The molecule has 19 heavy (non-hydrogen) atoms. The Morgan fingerprint density at radius 3 is 2.47 bits per heavy atom. The first kappa shape index (κ1) is 13.2. The molecule has 0 fully saturated rings. The van der Waals surface area contributed by atoms with E-state index in [0.717, 1.165) is 11.1 Å². The lowest BCUT2D eigenvalue weighted by Gasteiger charge is -2.11. The summed E-state index contributed by atoms with van der Waals surface area (Å²) in [5, 5.41) is 10.8. The first-order valence-electron chi connectivity index (χ1n) is 6.23. The highest BCUT2D eigenvalue weighted by Gasteiger charge is 2.15. The SMILES string of the molecule is CCOc1ccc2c(C(=O)O)c(OCC)ccc2c1. The standard InChI is InChI=1S/C15H16O4/c1-3-18-11-6-7-12-10(9-11)5-8-13(19-4-2)14(12)15(16)17/h5-9H,3-4H2,1-2H3,(H,16,17). The largest absolute Gasteiger partial charge is 0.494 e. The molecule has 0 aliphatic carbocycles. The smallest absolute Gasteiger partial charge is 0.340 e. The maximum absolute atomic E-state index is 11.4. The summed E-state index contributed by atoms with van der Waals surface area (Å²) in [6.07, 6.45) is 0. The van der Waals surface area contributed by atoms with E-state index in [1.165, 1.54) is 0 Å². The van der Waals surface area contributed by atoms with Crippen LogP contribution >= 0.6 is 0 Å². The second-order valence-electron chi connectivity index (χ2n) is 3.99. The van der Waals surface area contributed by atoms with E-state index in [4.69, 9.17) is 9.47 Å². The molecule has 0 amide bonds. The van der Waals surface area contributed by atoms with Gasteiger partial charge in [-0.15, -0.1) is 0 Å². The predicted octanol–water partition coefficient (Wildman–Crippen LogP) is 3.34. The summed E-state index contributed by atoms with van der Waals surface area (Å²) in [5.74, 6) is 0.139. The van der Waals surface area contributed by atoms with Crippen LogP contribution in [0, 0.1) is 0 Å². The molecule has 0 atom stereocenters. The van der Waals surface area contributed by atoms with Crippen molar-refractivity contribution in [2.24, 2.45) is 0 Å². The Morgan fingerprint density at radius 1 is 1.11 bits per heavy atom. The maximum atomic E-state index is 11.4. The van der Waals surface area contributed by atoms with Gasteiger partial charge in [-0.2, -0.15) is 0 Å². The van der Waals surface area contributed by atoms with E-state index >= 15 is 0 Å². The molecular weight excluding hydrogens is 244 g/mol. The molecule has 100 valence electrons. The van der Waals surface area contributed by atoms with E-state index in [1.54, 1.807) is 18.2 Å². The van der Waals surface area contributed by atoms with Gasteiger partial charge in [0.05, 0.1) is 13.2 Å². The van der Waals surface area contributed by atoms with Gasteiger partial charge in [-0.1, -0.05) is 6.07 Å². The summed E-state index contributed by atoms with van der Waals surface area (Å²) in [5.41, 5.74) is 0.197. The van der Waals surface area contributed by atoms with Crippen LogP contribution in [0.25, 0.3) is 10.8 Å². The fourth-order valence-electron chi connectivity index (χ4n) is 2.04. The molecule has 0 aliphatic rings. The van der Waals surface area contributed by atoms with Crippen LogP contribution in [0.5, 0.6) is 11.5 Å². The zero-order valence-corrected chi connectivity index (χ0v) is 11.0. The highest BCUT2D eigenvalue weighted by atomic mass is 16.5. The Morgan fingerprint density at radius 2 is 1.84 bits per heavy atom. The molecule has 2 aromatic rings. The number of benzene rings is 2. The average molecular weight is 260 g/mol. The summed E-state index contributed by atoms with van der Waals surface area (Å²) in [7, 11) is 0. The summed E-state index contributed by atoms with van der Waals surface area (Å²) in [4.78, 5) is 11.4. The van der Waals surface area contributed by atoms with Crippen LogP contribution in [0.2, 0.25) is 0 Å². The number of carboxylic acids is 1. The Bertz CT molecular complexity index is 604. The third-order valence-electron chi connectivity index (χ3n) is 2.78. The summed E-state index contributed by atoms with van der Waals surface area (Å²) >= 11 is 0. The molecule has 4 heteroatoms. The van der Waals surface area contributed by atoms with Crippen LogP contribution in [0.3, 0.4) is 0 Å². The number of hydrogen-bond donors (Lipinski definition) is 1. The van der Waals surface area contributed by atoms with Crippen molar-refractivity contribution in [1.29, 1.82) is 0 Å². The molecule has 0 aliphatic heterocycles. The quantitative estimate of drug-likeness (QED) is 0.895. The molecule has 0 heterocycles. The summed E-state index contributed by atoms with van der Waals surface area (Å²) in [6.45, 7) is 4.75. The minimum Gasteiger partial charge on any atom is -0.494 e. The van der Waals surface area contributed by atoms with Crippen molar-refractivity contribution in [2.45, 2.75) is 13.8 Å². The molecule has 1 N–H and O–H groups in total. The fourth-order valence-corrected chi connectivity index (χ4v) is 2.04. The molecule has 4 nitrogen and oxygen atoms in total. The van der Waals surface area contributed by atoms with Crippen LogP contribution in [-0.2, 0) is 0 Å². The molecular formula is C15H16O4. The van der Waals surface area contributed by atoms with E-state index in [2.05, 4.69) is 0 Å². The predicted molar refractivity (Wildman–Crippen MR) is 73.2 cm³/mol. The maximum Gasteiger partial charge on any atom is 0.340 e. The third-order valence-corrected chi connectivity index (χ3v) is 2.78. The number of aromatic carboxylic acids is 1. The van der Waals surface area contributed by atoms with Crippen molar-refractivity contribution in [3.8, 4) is 11.5 Å². The topological polar surface area (TPSA) is 55.8 Å². The highest BCUT2D eigenvalue weighted by molar-refractivity contribution is 6.06. The lowest BCUT2D eigenvalue weighted by Crippen LogP contribution is -2.04. The number of hydrogen-bond acceptors (Lipinski definition) is 3. The van der Waals surface area contributed by atoms with Gasteiger partial charge in [0.15, 0.2) is 0 Å². The van der Waals surface area contributed by atoms with Gasteiger partial charge in [0.25, 0.3) is 0 Å². The molecule has 0 saturated carbocycles. The summed E-state index contributed by atoms with van der Waals surface area (Å²) in [6, 6.07) is 8.89. The molecule has 2 aromatic carbocycles. The summed E-state index contributed by atoms with van der Waals surface area (Å²) < 4.78 is 10.8. The number of carboxylic acid groups (broad SMARTS) is 1. The van der Waals surface area contributed by atoms with E-state index < -0.39 is 5.97 Å². The lowest BCUT2D eigenvalue weighted by molar-refractivity contribution is 0.0695. The van der Waals surface area contributed by atoms with Crippen LogP contribution in [0.1, 0.15) is 24.2 Å². The number of carbonyl (C=O) groups is 1. The lowest BCUT2D eigenvalue weighted by atomic mass is 10.0. The van der Waals surface area contributed by atoms with Crippen molar-refractivity contribution in [3.05, 3.63) is 35.9 Å². The van der Waals surface area contributed by atoms with Crippen molar-refractivity contribution in [3.63, 3.8) is 0 Å². The highest BCUT2D eigenvalue weighted by Crippen LogP contribution is 2.30. The Kier molecular flexibility index (Phi) is 3.90. The number of fused-ring (bicyclic) bond motifs is 1. The second-order valence-corrected chi connectivity index (χ2v) is 3.99. The monoisotopic (exact) mass is 260 g/mol. The van der Waals surface area contributed by atoms with Crippen LogP contribution in [0.15, 0.2) is 30.3 Å². The molecule has 2 rings (SSSR count). The van der Waals surface area contributed by atoms with E-state index in [1.807, 2.05) is 26.0 Å². The van der Waals surface area contributed by atoms with Crippen LogP contribution in [0.4, 0.5) is 0 Å². The molecule has 0 spiro atoms.